The van der Waals surface area contributed by atoms with Crippen LogP contribution in [0.1, 0.15) is 28.7 Å². The number of methoxy groups -OCH3 is 2. The van der Waals surface area contributed by atoms with Crippen LogP contribution in [0.25, 0.3) is 11.1 Å². The second-order valence-corrected chi connectivity index (χ2v) is 9.68. The number of nitrogens with zero attached hydrogens (tertiary/aromatic N) is 3. The monoisotopic (exact) mass is 540 g/mol. The van der Waals surface area contributed by atoms with E-state index >= 15 is 0 Å². The third-order valence-corrected chi connectivity index (χ3v) is 7.41. The third-order valence-electron chi connectivity index (χ3n) is 5.55. The van der Waals surface area contributed by atoms with Gasteiger partial charge in [0.1, 0.15) is 28.0 Å². The first-order valence-electron chi connectivity index (χ1n) is 11.4. The van der Waals surface area contributed by atoms with Crippen molar-refractivity contribution < 1.29 is 23.5 Å². The molecule has 0 spiro atoms. The third kappa shape index (κ3) is 6.17. The van der Waals surface area contributed by atoms with Gasteiger partial charge in [0, 0.05) is 23.9 Å². The van der Waals surface area contributed by atoms with Crippen molar-refractivity contribution in [2.24, 2.45) is 0 Å². The number of esters is 1. The minimum Gasteiger partial charge on any atom is -0.497 e. The number of carbonyl (C=O) groups is 2. The lowest BCUT2D eigenvalue weighted by molar-refractivity contribution is -0.113. The topological polar surface area (TPSA) is 95.3 Å². The Hall–Kier alpha value is -3.70. The van der Waals surface area contributed by atoms with E-state index in [1.165, 1.54) is 42.3 Å². The van der Waals surface area contributed by atoms with Gasteiger partial charge < -0.3 is 19.4 Å². The molecule has 0 atom stereocenters. The molecular formula is C26H25FN4O4S2. The molecule has 0 aliphatic heterocycles. The lowest BCUT2D eigenvalue weighted by atomic mass is 10.0. The molecule has 2 aromatic heterocycles. The van der Waals surface area contributed by atoms with Gasteiger partial charge in [-0.15, -0.1) is 21.5 Å². The van der Waals surface area contributed by atoms with E-state index in [0.717, 1.165) is 17.1 Å². The number of thioether (sulfide) groups is 1. The van der Waals surface area contributed by atoms with Gasteiger partial charge in [0.05, 0.1) is 20.0 Å². The molecule has 0 fully saturated rings. The Morgan fingerprint density at radius 1 is 1.08 bits per heavy atom. The summed E-state index contributed by atoms with van der Waals surface area (Å²) in [4.78, 5) is 25.3. The zero-order valence-electron chi connectivity index (χ0n) is 20.5. The molecule has 0 radical (unpaired) electrons. The van der Waals surface area contributed by atoms with E-state index in [0.29, 0.717) is 34.2 Å². The van der Waals surface area contributed by atoms with Crippen molar-refractivity contribution >= 4 is 40.0 Å². The van der Waals surface area contributed by atoms with Crippen molar-refractivity contribution in [2.75, 3.05) is 25.3 Å². The number of amides is 1. The maximum Gasteiger partial charge on any atom is 0.341 e. The van der Waals surface area contributed by atoms with Gasteiger partial charge in [-0.3, -0.25) is 4.79 Å². The van der Waals surface area contributed by atoms with Crippen LogP contribution in [-0.4, -0.2) is 46.6 Å². The van der Waals surface area contributed by atoms with Crippen molar-refractivity contribution in [3.8, 4) is 16.9 Å². The number of hydrogen-bond acceptors (Lipinski definition) is 8. The highest BCUT2D eigenvalue weighted by molar-refractivity contribution is 7.99. The summed E-state index contributed by atoms with van der Waals surface area (Å²) in [5.41, 5.74) is 2.51. The lowest BCUT2D eigenvalue weighted by Crippen LogP contribution is -2.16. The van der Waals surface area contributed by atoms with E-state index in [-0.39, 0.29) is 23.0 Å². The van der Waals surface area contributed by atoms with Gasteiger partial charge in [0.25, 0.3) is 0 Å². The number of halogens is 1. The highest BCUT2D eigenvalue weighted by atomic mass is 32.2. The molecule has 4 aromatic rings. The van der Waals surface area contributed by atoms with Crippen LogP contribution in [-0.2, 0) is 22.5 Å². The SMILES string of the molecule is CCn1c(Cc2ccc(OC)cc2)nnc1SCC(=O)Nc1scc(-c2ccc(F)cc2)c1C(=O)OC. The average Bonchev–Trinajstić information content (AvgIpc) is 3.51. The van der Waals surface area contributed by atoms with Gasteiger partial charge in [0.15, 0.2) is 5.16 Å². The largest absolute Gasteiger partial charge is 0.497 e. The molecule has 37 heavy (non-hydrogen) atoms. The fourth-order valence-electron chi connectivity index (χ4n) is 3.69. The molecule has 192 valence electrons. The minimum absolute atomic E-state index is 0.0745. The fraction of sp³-hybridized carbons (Fsp3) is 0.231. The molecule has 0 aliphatic carbocycles. The molecule has 4 rings (SSSR count). The molecular weight excluding hydrogens is 515 g/mol. The van der Waals surface area contributed by atoms with Crippen LogP contribution >= 0.6 is 23.1 Å². The molecule has 2 aromatic carbocycles. The number of aromatic nitrogens is 3. The zero-order valence-corrected chi connectivity index (χ0v) is 22.1. The summed E-state index contributed by atoms with van der Waals surface area (Å²) < 4.78 is 25.5. The van der Waals surface area contributed by atoms with Gasteiger partial charge in [-0.1, -0.05) is 36.0 Å². The molecule has 0 bridgehead atoms. The average molecular weight is 541 g/mol. The quantitative estimate of drug-likeness (QED) is 0.216. The van der Waals surface area contributed by atoms with E-state index < -0.39 is 5.97 Å². The summed E-state index contributed by atoms with van der Waals surface area (Å²) >= 11 is 2.47. The van der Waals surface area contributed by atoms with Crippen LogP contribution in [0.5, 0.6) is 5.75 Å². The summed E-state index contributed by atoms with van der Waals surface area (Å²) in [7, 11) is 2.90. The first-order valence-corrected chi connectivity index (χ1v) is 13.2. The first-order chi connectivity index (χ1) is 17.9. The summed E-state index contributed by atoms with van der Waals surface area (Å²) in [5, 5.41) is 14.1. The molecule has 0 unspecified atom stereocenters. The highest BCUT2D eigenvalue weighted by Crippen LogP contribution is 2.36. The normalized spacial score (nSPS) is 10.8. The second kappa shape index (κ2) is 12.0. The van der Waals surface area contributed by atoms with E-state index in [4.69, 9.17) is 9.47 Å². The number of rotatable bonds is 10. The maximum atomic E-state index is 13.4. The van der Waals surface area contributed by atoms with Crippen molar-refractivity contribution in [1.82, 2.24) is 14.8 Å². The fourth-order valence-corrected chi connectivity index (χ4v) is 5.48. The van der Waals surface area contributed by atoms with Gasteiger partial charge >= 0.3 is 5.97 Å². The van der Waals surface area contributed by atoms with E-state index in [1.807, 2.05) is 35.8 Å². The van der Waals surface area contributed by atoms with Crippen molar-refractivity contribution in [3.63, 3.8) is 0 Å². The molecule has 0 saturated heterocycles. The Balaban J connectivity index is 1.45. The van der Waals surface area contributed by atoms with Crippen LogP contribution in [0.2, 0.25) is 0 Å². The molecule has 1 amide bonds. The number of ether oxygens (including phenoxy) is 2. The van der Waals surface area contributed by atoms with Crippen LogP contribution in [0.3, 0.4) is 0 Å². The summed E-state index contributed by atoms with van der Waals surface area (Å²) in [6, 6.07) is 13.5. The smallest absolute Gasteiger partial charge is 0.341 e. The molecule has 0 aliphatic rings. The van der Waals surface area contributed by atoms with Crippen molar-refractivity contribution in [1.29, 1.82) is 0 Å². The first kappa shape index (κ1) is 26.4. The van der Waals surface area contributed by atoms with Gasteiger partial charge in [-0.2, -0.15) is 0 Å². The van der Waals surface area contributed by atoms with Crippen molar-refractivity contribution in [2.45, 2.75) is 25.0 Å². The number of nitrogens with one attached hydrogen (secondary N) is 1. The Morgan fingerprint density at radius 3 is 2.46 bits per heavy atom. The van der Waals surface area contributed by atoms with Crippen LogP contribution in [0.15, 0.2) is 59.1 Å². The maximum absolute atomic E-state index is 13.4. The van der Waals surface area contributed by atoms with Gasteiger partial charge in [-0.25, -0.2) is 9.18 Å². The minimum atomic E-state index is -0.586. The Morgan fingerprint density at radius 2 is 1.81 bits per heavy atom. The molecule has 8 nitrogen and oxygen atoms in total. The van der Waals surface area contributed by atoms with Gasteiger partial charge in [-0.05, 0) is 42.3 Å². The Labute approximate surface area is 221 Å². The number of benzene rings is 2. The van der Waals surface area contributed by atoms with E-state index in [9.17, 15) is 14.0 Å². The predicted molar refractivity (Wildman–Crippen MR) is 142 cm³/mol. The van der Waals surface area contributed by atoms with E-state index in [1.54, 1.807) is 24.6 Å². The Kier molecular flexibility index (Phi) is 8.57. The summed E-state index contributed by atoms with van der Waals surface area (Å²) in [6.07, 6.45) is 0.599. The standard InChI is InChI=1S/C26H25FN4O4S2/c1-4-31-21(13-16-5-11-19(34-2)12-6-16)29-30-26(31)37-15-22(32)28-24-23(25(33)35-3)20(14-36-24)17-7-9-18(27)10-8-17/h5-12,14H,4,13,15H2,1-3H3,(H,28,32). The lowest BCUT2D eigenvalue weighted by Gasteiger charge is -2.09. The number of hydrogen-bond donors (Lipinski definition) is 1. The zero-order chi connectivity index (χ0) is 26.4. The molecule has 11 heteroatoms. The molecule has 1 N–H and O–H groups in total. The summed E-state index contributed by atoms with van der Waals surface area (Å²) in [6.45, 7) is 2.65. The highest BCUT2D eigenvalue weighted by Gasteiger charge is 2.23. The van der Waals surface area contributed by atoms with E-state index in [2.05, 4.69) is 15.5 Å². The summed E-state index contributed by atoms with van der Waals surface area (Å²) in [5.74, 6) is 0.392. The van der Waals surface area contributed by atoms with Crippen molar-refractivity contribution in [3.05, 3.63) is 76.7 Å². The van der Waals surface area contributed by atoms with Gasteiger partial charge in [0.2, 0.25) is 5.91 Å². The predicted octanol–water partition coefficient (Wildman–Crippen LogP) is 5.28. The van der Waals surface area contributed by atoms with Crippen LogP contribution < -0.4 is 10.1 Å². The Bertz CT molecular complexity index is 1380. The molecule has 2 heterocycles. The molecule has 0 saturated carbocycles. The number of anilines is 1. The number of thiophene rings is 1. The second-order valence-electron chi connectivity index (χ2n) is 7.86. The van der Waals surface area contributed by atoms with Crippen LogP contribution in [0, 0.1) is 5.82 Å². The number of carbonyl (C=O) groups excluding carboxylic acids is 2. The van der Waals surface area contributed by atoms with Crippen LogP contribution in [0.4, 0.5) is 9.39 Å².